The summed E-state index contributed by atoms with van der Waals surface area (Å²) >= 11 is 0. The highest BCUT2D eigenvalue weighted by molar-refractivity contribution is 5.80. The Morgan fingerprint density at radius 2 is 1.79 bits per heavy atom. The second-order valence-corrected chi connectivity index (χ2v) is 10.9. The van der Waals surface area contributed by atoms with Crippen LogP contribution in [0.1, 0.15) is 74.0 Å². The third kappa shape index (κ3) is 5.10. The summed E-state index contributed by atoms with van der Waals surface area (Å²) in [5, 5.41) is 14.1. The molecule has 2 fully saturated rings. The van der Waals surface area contributed by atoms with Crippen LogP contribution in [0, 0.1) is 5.92 Å². The van der Waals surface area contributed by atoms with E-state index in [9.17, 15) is 4.79 Å². The first-order valence-corrected chi connectivity index (χ1v) is 14.0. The van der Waals surface area contributed by atoms with Gasteiger partial charge in [-0.2, -0.15) is 0 Å². The van der Waals surface area contributed by atoms with Gasteiger partial charge in [0.05, 0.1) is 13.2 Å². The van der Waals surface area contributed by atoms with E-state index in [0.717, 1.165) is 67.7 Å². The number of hydrogen-bond donors (Lipinski definition) is 1. The largest absolute Gasteiger partial charge is 0.497 e. The molecule has 1 atom stereocenters. The number of benzene rings is 2. The van der Waals surface area contributed by atoms with E-state index >= 15 is 0 Å². The Labute approximate surface area is 223 Å². The SMILES string of the molecule is COc1ccc2[nH]c(=O)c([C@H](c3nnnn3C3CCCCC3)N3CCC(Cc4ccccc4)CC3)cc2c1. The Bertz CT molecular complexity index is 1420. The number of rotatable bonds is 7. The first kappa shape index (κ1) is 24.8. The average molecular weight is 513 g/mol. The number of fused-ring (bicyclic) bond motifs is 1. The first-order chi connectivity index (χ1) is 18.7. The molecule has 4 aromatic rings. The Morgan fingerprint density at radius 1 is 1.00 bits per heavy atom. The van der Waals surface area contributed by atoms with Gasteiger partial charge in [0, 0.05) is 16.5 Å². The fraction of sp³-hybridized carbons (Fsp3) is 0.467. The number of nitrogens with zero attached hydrogens (tertiary/aromatic N) is 5. The predicted octanol–water partition coefficient (Wildman–Crippen LogP) is 5.07. The smallest absolute Gasteiger partial charge is 0.253 e. The molecule has 1 saturated carbocycles. The van der Waals surface area contributed by atoms with E-state index in [-0.39, 0.29) is 17.6 Å². The van der Waals surface area contributed by atoms with Crippen LogP contribution in [0.2, 0.25) is 0 Å². The summed E-state index contributed by atoms with van der Waals surface area (Å²) in [7, 11) is 1.66. The number of tetrazole rings is 1. The number of pyridine rings is 1. The van der Waals surface area contributed by atoms with Crippen molar-refractivity contribution in [3.8, 4) is 5.75 Å². The van der Waals surface area contributed by atoms with Crippen molar-refractivity contribution in [1.82, 2.24) is 30.1 Å². The van der Waals surface area contributed by atoms with Crippen molar-refractivity contribution in [2.75, 3.05) is 20.2 Å². The van der Waals surface area contributed by atoms with Gasteiger partial charge in [0.1, 0.15) is 11.8 Å². The summed E-state index contributed by atoms with van der Waals surface area (Å²) in [6, 6.07) is 18.5. The van der Waals surface area contributed by atoms with Gasteiger partial charge < -0.3 is 9.72 Å². The highest BCUT2D eigenvalue weighted by Crippen LogP contribution is 2.35. The number of ether oxygens (including phenoxy) is 1. The molecule has 6 rings (SSSR count). The lowest BCUT2D eigenvalue weighted by atomic mass is 9.88. The summed E-state index contributed by atoms with van der Waals surface area (Å²) in [6.07, 6.45) is 9.05. The van der Waals surface area contributed by atoms with E-state index in [2.05, 4.69) is 55.7 Å². The van der Waals surface area contributed by atoms with E-state index in [4.69, 9.17) is 4.74 Å². The average Bonchev–Trinajstić information content (AvgIpc) is 3.45. The normalized spacial score (nSPS) is 18.6. The summed E-state index contributed by atoms with van der Waals surface area (Å²) in [5.41, 5.74) is 2.80. The highest BCUT2D eigenvalue weighted by Gasteiger charge is 2.34. The Kier molecular flexibility index (Phi) is 7.22. The number of likely N-dealkylation sites (tertiary alicyclic amines) is 1. The van der Waals surface area contributed by atoms with E-state index in [1.165, 1.54) is 24.8 Å². The molecule has 1 saturated heterocycles. The lowest BCUT2D eigenvalue weighted by Crippen LogP contribution is -2.41. The standard InChI is InChI=1S/C30H36N6O2/c1-38-25-12-13-27-23(19-25)20-26(30(37)31-27)28(29-32-33-34-36(29)24-10-6-3-7-11-24)35-16-14-22(15-17-35)18-21-8-4-2-5-9-21/h2,4-5,8-9,12-13,19-20,22,24,28H,3,6-7,10-11,14-18H2,1H3,(H,31,37)/t28-/m1/s1. The van der Waals surface area contributed by atoms with E-state index in [1.807, 2.05) is 28.9 Å². The fourth-order valence-corrected chi connectivity index (χ4v) is 6.36. The number of nitrogens with one attached hydrogen (secondary N) is 1. The van der Waals surface area contributed by atoms with E-state index in [0.29, 0.717) is 11.5 Å². The molecular formula is C30H36N6O2. The minimum absolute atomic E-state index is 0.0859. The predicted molar refractivity (Wildman–Crippen MR) is 147 cm³/mol. The fourth-order valence-electron chi connectivity index (χ4n) is 6.36. The lowest BCUT2D eigenvalue weighted by Gasteiger charge is -2.37. The summed E-state index contributed by atoms with van der Waals surface area (Å²) in [6.45, 7) is 1.80. The van der Waals surface area contributed by atoms with Gasteiger partial charge in [-0.15, -0.1) is 5.10 Å². The zero-order chi connectivity index (χ0) is 25.9. The van der Waals surface area contributed by atoms with Crippen LogP contribution in [0.15, 0.2) is 59.4 Å². The van der Waals surface area contributed by atoms with Crippen molar-refractivity contribution < 1.29 is 4.74 Å². The molecular weight excluding hydrogens is 476 g/mol. The van der Waals surface area contributed by atoms with Crippen molar-refractivity contribution >= 4 is 10.9 Å². The van der Waals surface area contributed by atoms with Crippen molar-refractivity contribution in [1.29, 1.82) is 0 Å². The van der Waals surface area contributed by atoms with Gasteiger partial charge in [-0.05, 0) is 91.4 Å². The molecule has 0 unspecified atom stereocenters. The van der Waals surface area contributed by atoms with E-state index in [1.54, 1.807) is 7.11 Å². The van der Waals surface area contributed by atoms with Gasteiger partial charge in [-0.1, -0.05) is 49.6 Å². The topological polar surface area (TPSA) is 88.9 Å². The maximum Gasteiger partial charge on any atom is 0.253 e. The molecule has 3 heterocycles. The minimum Gasteiger partial charge on any atom is -0.497 e. The van der Waals surface area contributed by atoms with Crippen LogP contribution in [0.5, 0.6) is 5.75 Å². The molecule has 1 aliphatic carbocycles. The van der Waals surface area contributed by atoms with E-state index < -0.39 is 0 Å². The molecule has 0 radical (unpaired) electrons. The molecule has 198 valence electrons. The molecule has 2 aromatic carbocycles. The number of hydrogen-bond acceptors (Lipinski definition) is 6. The van der Waals surface area contributed by atoms with Crippen molar-refractivity contribution in [2.45, 2.75) is 63.5 Å². The number of methoxy groups -OCH3 is 1. The van der Waals surface area contributed by atoms with Crippen molar-refractivity contribution in [2.24, 2.45) is 5.92 Å². The lowest BCUT2D eigenvalue weighted by molar-refractivity contribution is 0.140. The molecule has 0 amide bonds. The van der Waals surface area contributed by atoms with Gasteiger partial charge >= 0.3 is 0 Å². The molecule has 0 bridgehead atoms. The summed E-state index contributed by atoms with van der Waals surface area (Å²) in [4.78, 5) is 19.1. The molecule has 1 aliphatic heterocycles. The maximum atomic E-state index is 13.6. The Balaban J connectivity index is 1.35. The number of H-pyrrole nitrogens is 1. The van der Waals surface area contributed by atoms with Gasteiger partial charge in [-0.3, -0.25) is 9.69 Å². The molecule has 2 aliphatic rings. The maximum absolute atomic E-state index is 13.6. The number of aromatic amines is 1. The van der Waals surface area contributed by atoms with Gasteiger partial charge in [-0.25, -0.2) is 4.68 Å². The van der Waals surface area contributed by atoms with Crippen molar-refractivity contribution in [3.05, 3.63) is 81.9 Å². The zero-order valence-electron chi connectivity index (χ0n) is 22.1. The zero-order valence-corrected chi connectivity index (χ0v) is 22.1. The van der Waals surface area contributed by atoms with Gasteiger partial charge in [0.15, 0.2) is 5.82 Å². The van der Waals surface area contributed by atoms with Crippen LogP contribution >= 0.6 is 0 Å². The molecule has 1 N–H and O–H groups in total. The second kappa shape index (κ2) is 11.1. The number of piperidine rings is 1. The third-order valence-electron chi connectivity index (χ3n) is 8.44. The van der Waals surface area contributed by atoms with Crippen LogP contribution in [-0.2, 0) is 6.42 Å². The highest BCUT2D eigenvalue weighted by atomic mass is 16.5. The monoisotopic (exact) mass is 512 g/mol. The molecule has 38 heavy (non-hydrogen) atoms. The van der Waals surface area contributed by atoms with Crippen LogP contribution in [0.25, 0.3) is 10.9 Å². The summed E-state index contributed by atoms with van der Waals surface area (Å²) < 4.78 is 7.48. The van der Waals surface area contributed by atoms with Crippen LogP contribution in [0.4, 0.5) is 0 Å². The number of aromatic nitrogens is 5. The quantitative estimate of drug-likeness (QED) is 0.372. The van der Waals surface area contributed by atoms with Crippen LogP contribution in [-0.4, -0.2) is 50.3 Å². The molecule has 2 aromatic heterocycles. The Hall–Kier alpha value is -3.52. The summed E-state index contributed by atoms with van der Waals surface area (Å²) in [5.74, 6) is 2.18. The molecule has 0 spiro atoms. The van der Waals surface area contributed by atoms with Crippen LogP contribution in [0.3, 0.4) is 0 Å². The van der Waals surface area contributed by atoms with Gasteiger partial charge in [0.25, 0.3) is 5.56 Å². The first-order valence-electron chi connectivity index (χ1n) is 14.0. The second-order valence-electron chi connectivity index (χ2n) is 10.9. The third-order valence-corrected chi connectivity index (χ3v) is 8.44. The van der Waals surface area contributed by atoms with Gasteiger partial charge in [0.2, 0.25) is 0 Å². The molecule has 8 heteroatoms. The van der Waals surface area contributed by atoms with Crippen LogP contribution < -0.4 is 10.3 Å². The Morgan fingerprint density at radius 3 is 2.55 bits per heavy atom. The minimum atomic E-state index is -0.302. The molecule has 8 nitrogen and oxygen atoms in total. The van der Waals surface area contributed by atoms with Crippen molar-refractivity contribution in [3.63, 3.8) is 0 Å².